The van der Waals surface area contributed by atoms with Crippen molar-refractivity contribution in [2.45, 2.75) is 45.1 Å². The van der Waals surface area contributed by atoms with Crippen LogP contribution in [0.4, 0.5) is 0 Å². The summed E-state index contributed by atoms with van der Waals surface area (Å²) in [6.45, 7) is 4.41. The van der Waals surface area contributed by atoms with Gasteiger partial charge in [-0.25, -0.2) is 0 Å². The molecule has 1 N–H and O–H groups in total. The molecule has 0 aromatic rings. The fraction of sp³-hybridized carbons (Fsp3) is 0.857. The summed E-state index contributed by atoms with van der Waals surface area (Å²) in [4.78, 5) is 25.4. The van der Waals surface area contributed by atoms with Crippen LogP contribution in [0.1, 0.15) is 39.0 Å². The molecule has 108 valence electrons. The molecular formula is C14H24N2O3. The highest BCUT2D eigenvalue weighted by Crippen LogP contribution is 2.20. The van der Waals surface area contributed by atoms with Crippen LogP contribution >= 0.6 is 0 Å². The molecule has 0 spiro atoms. The number of piperidine rings is 1. The Morgan fingerprint density at radius 2 is 1.89 bits per heavy atom. The molecule has 1 saturated heterocycles. The van der Waals surface area contributed by atoms with Crippen LogP contribution < -0.4 is 5.32 Å². The van der Waals surface area contributed by atoms with Gasteiger partial charge in [0.25, 0.3) is 0 Å². The monoisotopic (exact) mass is 268 g/mol. The number of rotatable bonds is 6. The molecule has 0 aromatic carbocycles. The number of hydrogen-bond acceptors (Lipinski definition) is 4. The van der Waals surface area contributed by atoms with Crippen molar-refractivity contribution >= 4 is 11.9 Å². The lowest BCUT2D eigenvalue weighted by atomic mass is 9.97. The molecule has 1 saturated carbocycles. The van der Waals surface area contributed by atoms with Crippen LogP contribution in [-0.4, -0.2) is 49.1 Å². The van der Waals surface area contributed by atoms with Crippen molar-refractivity contribution < 1.29 is 14.3 Å². The van der Waals surface area contributed by atoms with Crippen molar-refractivity contribution in [2.75, 3.05) is 26.2 Å². The van der Waals surface area contributed by atoms with Crippen molar-refractivity contribution in [3.05, 3.63) is 0 Å². The van der Waals surface area contributed by atoms with E-state index in [1.54, 1.807) is 0 Å². The molecule has 0 unspecified atom stereocenters. The van der Waals surface area contributed by atoms with Gasteiger partial charge in [-0.1, -0.05) is 0 Å². The minimum Gasteiger partial charge on any atom is -0.466 e. The Hall–Kier alpha value is -1.10. The number of esters is 1. The van der Waals surface area contributed by atoms with E-state index in [1.165, 1.54) is 12.8 Å². The summed E-state index contributed by atoms with van der Waals surface area (Å²) in [5, 5.41) is 3.35. The SMILES string of the molecule is CCOC(=O)C1CCN(C(=O)CCNC2CC2)CC1. The summed E-state index contributed by atoms with van der Waals surface area (Å²) >= 11 is 0. The second-order valence-corrected chi connectivity index (χ2v) is 5.39. The van der Waals surface area contributed by atoms with Crippen LogP contribution in [-0.2, 0) is 14.3 Å². The van der Waals surface area contributed by atoms with E-state index in [2.05, 4.69) is 5.32 Å². The number of ether oxygens (including phenoxy) is 1. The Kier molecular flexibility index (Phi) is 5.19. The van der Waals surface area contributed by atoms with E-state index in [-0.39, 0.29) is 17.8 Å². The molecule has 0 aromatic heterocycles. The summed E-state index contributed by atoms with van der Waals surface area (Å²) in [6, 6.07) is 0.655. The topological polar surface area (TPSA) is 58.6 Å². The first-order chi connectivity index (χ1) is 9.20. The Labute approximate surface area is 114 Å². The molecule has 2 fully saturated rings. The Morgan fingerprint density at radius 1 is 1.21 bits per heavy atom. The van der Waals surface area contributed by atoms with E-state index >= 15 is 0 Å². The Bertz CT molecular complexity index is 321. The van der Waals surface area contributed by atoms with E-state index in [0.29, 0.717) is 32.2 Å². The van der Waals surface area contributed by atoms with Gasteiger partial charge in [-0.05, 0) is 32.6 Å². The van der Waals surface area contributed by atoms with Crippen molar-refractivity contribution in [2.24, 2.45) is 5.92 Å². The van der Waals surface area contributed by atoms with Gasteiger partial charge < -0.3 is 15.0 Å². The zero-order valence-electron chi connectivity index (χ0n) is 11.7. The van der Waals surface area contributed by atoms with Gasteiger partial charge in [0.1, 0.15) is 0 Å². The standard InChI is InChI=1S/C14H24N2O3/c1-2-19-14(18)11-6-9-16(10-7-11)13(17)5-8-15-12-3-4-12/h11-12,15H,2-10H2,1H3. The van der Waals surface area contributed by atoms with Crippen LogP contribution in [0, 0.1) is 5.92 Å². The minimum absolute atomic E-state index is 0.0198. The second-order valence-electron chi connectivity index (χ2n) is 5.39. The zero-order chi connectivity index (χ0) is 13.7. The van der Waals surface area contributed by atoms with Gasteiger partial charge in [-0.2, -0.15) is 0 Å². The van der Waals surface area contributed by atoms with E-state index < -0.39 is 0 Å². The molecule has 2 rings (SSSR count). The first-order valence-electron chi connectivity index (χ1n) is 7.38. The van der Waals surface area contributed by atoms with Crippen molar-refractivity contribution in [1.82, 2.24) is 10.2 Å². The number of likely N-dealkylation sites (tertiary alicyclic amines) is 1. The molecule has 19 heavy (non-hydrogen) atoms. The predicted molar refractivity (Wildman–Crippen MR) is 71.6 cm³/mol. The van der Waals surface area contributed by atoms with Crippen LogP contribution in [0.15, 0.2) is 0 Å². The normalized spacial score (nSPS) is 20.4. The predicted octanol–water partition coefficient (Wildman–Crippen LogP) is 0.930. The molecule has 0 atom stereocenters. The van der Waals surface area contributed by atoms with Gasteiger partial charge in [0.15, 0.2) is 0 Å². The van der Waals surface area contributed by atoms with E-state index in [9.17, 15) is 9.59 Å². The van der Waals surface area contributed by atoms with Gasteiger partial charge >= 0.3 is 5.97 Å². The average molecular weight is 268 g/mol. The lowest BCUT2D eigenvalue weighted by Crippen LogP contribution is -2.41. The lowest BCUT2D eigenvalue weighted by molar-refractivity contribution is -0.151. The van der Waals surface area contributed by atoms with Crippen LogP contribution in [0.2, 0.25) is 0 Å². The molecule has 0 radical (unpaired) electrons. The first kappa shape index (κ1) is 14.3. The number of carbonyl (C=O) groups excluding carboxylic acids is 2. The summed E-state index contributed by atoms with van der Waals surface area (Å²) in [5.74, 6) is 0.0778. The third kappa shape index (κ3) is 4.49. The first-order valence-corrected chi connectivity index (χ1v) is 7.38. The van der Waals surface area contributed by atoms with E-state index in [1.807, 2.05) is 11.8 Å². The number of hydrogen-bond donors (Lipinski definition) is 1. The summed E-state index contributed by atoms with van der Waals surface area (Å²) in [7, 11) is 0. The van der Waals surface area contributed by atoms with Crippen molar-refractivity contribution in [1.29, 1.82) is 0 Å². The number of carbonyl (C=O) groups is 2. The molecule has 1 aliphatic heterocycles. The molecule has 5 nitrogen and oxygen atoms in total. The molecule has 1 aliphatic carbocycles. The van der Waals surface area contributed by atoms with Gasteiger partial charge in [-0.15, -0.1) is 0 Å². The average Bonchev–Trinajstić information content (AvgIpc) is 3.23. The Balaban J connectivity index is 1.63. The van der Waals surface area contributed by atoms with Gasteiger partial charge in [0.05, 0.1) is 12.5 Å². The number of nitrogens with one attached hydrogen (secondary N) is 1. The fourth-order valence-electron chi connectivity index (χ4n) is 2.45. The van der Waals surface area contributed by atoms with Gasteiger partial charge in [-0.3, -0.25) is 9.59 Å². The number of amides is 1. The van der Waals surface area contributed by atoms with Crippen LogP contribution in [0.3, 0.4) is 0 Å². The third-order valence-corrected chi connectivity index (χ3v) is 3.82. The maximum Gasteiger partial charge on any atom is 0.309 e. The lowest BCUT2D eigenvalue weighted by Gasteiger charge is -2.31. The van der Waals surface area contributed by atoms with E-state index in [4.69, 9.17) is 4.74 Å². The molecule has 5 heteroatoms. The van der Waals surface area contributed by atoms with Crippen molar-refractivity contribution in [3.8, 4) is 0 Å². The van der Waals surface area contributed by atoms with Gasteiger partial charge in [0, 0.05) is 32.1 Å². The van der Waals surface area contributed by atoms with Crippen LogP contribution in [0.25, 0.3) is 0 Å². The fourth-order valence-corrected chi connectivity index (χ4v) is 2.45. The smallest absolute Gasteiger partial charge is 0.309 e. The quantitative estimate of drug-likeness (QED) is 0.728. The third-order valence-electron chi connectivity index (χ3n) is 3.82. The molecule has 0 bridgehead atoms. The summed E-state index contributed by atoms with van der Waals surface area (Å²) in [6.07, 6.45) is 4.54. The second kappa shape index (κ2) is 6.89. The van der Waals surface area contributed by atoms with E-state index in [0.717, 1.165) is 19.4 Å². The van der Waals surface area contributed by atoms with Crippen molar-refractivity contribution in [3.63, 3.8) is 0 Å². The maximum atomic E-state index is 12.0. The summed E-state index contributed by atoms with van der Waals surface area (Å²) < 4.78 is 5.02. The molecular weight excluding hydrogens is 244 g/mol. The molecule has 1 heterocycles. The van der Waals surface area contributed by atoms with Crippen LogP contribution in [0.5, 0.6) is 0 Å². The largest absolute Gasteiger partial charge is 0.466 e. The maximum absolute atomic E-state index is 12.0. The van der Waals surface area contributed by atoms with Gasteiger partial charge in [0.2, 0.25) is 5.91 Å². The highest BCUT2D eigenvalue weighted by atomic mass is 16.5. The zero-order valence-corrected chi connectivity index (χ0v) is 11.7. The molecule has 1 amide bonds. The highest BCUT2D eigenvalue weighted by Gasteiger charge is 2.28. The minimum atomic E-state index is -0.106. The highest BCUT2D eigenvalue weighted by molar-refractivity contribution is 5.77. The molecule has 2 aliphatic rings. The summed E-state index contributed by atoms with van der Waals surface area (Å²) in [5.41, 5.74) is 0. The Morgan fingerprint density at radius 3 is 2.47 bits per heavy atom. The number of nitrogens with zero attached hydrogens (tertiary/aromatic N) is 1.